The van der Waals surface area contributed by atoms with Crippen molar-refractivity contribution in [3.8, 4) is 22.5 Å². The van der Waals surface area contributed by atoms with E-state index in [1.807, 2.05) is 0 Å². The zero-order valence-electron chi connectivity index (χ0n) is 27.3. The van der Waals surface area contributed by atoms with Crippen LogP contribution in [0.3, 0.4) is 0 Å². The highest BCUT2D eigenvalue weighted by Crippen LogP contribution is 2.42. The second kappa shape index (κ2) is 13.4. The molecular formula is C35H37F2N3O7S. The number of nitrogens with zero attached hydrogens (tertiary/aromatic N) is 2. The number of anilines is 1. The van der Waals surface area contributed by atoms with E-state index in [0.717, 1.165) is 10.6 Å². The Balaban J connectivity index is 1.69. The van der Waals surface area contributed by atoms with Crippen LogP contribution in [0.15, 0.2) is 65.1 Å². The first kappa shape index (κ1) is 34.6. The van der Waals surface area contributed by atoms with Gasteiger partial charge in [0.15, 0.2) is 0 Å². The highest BCUT2D eigenvalue weighted by molar-refractivity contribution is 7.92. The van der Waals surface area contributed by atoms with E-state index in [2.05, 4.69) is 5.32 Å². The van der Waals surface area contributed by atoms with Gasteiger partial charge >= 0.3 is 5.97 Å². The van der Waals surface area contributed by atoms with E-state index in [4.69, 9.17) is 9.15 Å². The van der Waals surface area contributed by atoms with Crippen LogP contribution < -0.4 is 9.62 Å². The number of esters is 1. The number of benzene rings is 3. The molecule has 48 heavy (non-hydrogen) atoms. The minimum atomic E-state index is -4.03. The Morgan fingerprint density at radius 2 is 1.77 bits per heavy atom. The molecule has 0 bridgehead atoms. The molecule has 0 aliphatic carbocycles. The average Bonchev–Trinajstić information content (AvgIpc) is 3.67. The first-order valence-electron chi connectivity index (χ1n) is 15.4. The zero-order valence-corrected chi connectivity index (χ0v) is 28.1. The molecule has 1 fully saturated rings. The molecule has 13 heteroatoms. The number of sulfonamides is 1. The predicted molar refractivity (Wildman–Crippen MR) is 179 cm³/mol. The summed E-state index contributed by atoms with van der Waals surface area (Å²) in [5.74, 6) is -1.79. The van der Waals surface area contributed by atoms with Gasteiger partial charge in [0.2, 0.25) is 10.0 Å². The third-order valence-corrected chi connectivity index (χ3v) is 9.12. The molecule has 2 amide bonds. The predicted octanol–water partition coefficient (Wildman–Crippen LogP) is 5.95. The highest BCUT2D eigenvalue weighted by Gasteiger charge is 2.37. The molecule has 0 spiro atoms. The molecule has 254 valence electrons. The van der Waals surface area contributed by atoms with Crippen LogP contribution in [0.5, 0.6) is 0 Å². The number of hydrogen-bond acceptors (Lipinski definition) is 7. The number of likely N-dealkylation sites (tertiary alicyclic amines) is 1. The minimum Gasteiger partial charge on any atom is -0.458 e. The Bertz CT molecular complexity index is 1990. The van der Waals surface area contributed by atoms with Crippen molar-refractivity contribution in [2.45, 2.75) is 45.3 Å². The van der Waals surface area contributed by atoms with Crippen molar-refractivity contribution in [1.82, 2.24) is 10.2 Å². The lowest BCUT2D eigenvalue weighted by Gasteiger charge is -2.27. The number of carbonyl (C=O) groups is 3. The van der Waals surface area contributed by atoms with Crippen molar-refractivity contribution >= 4 is 44.5 Å². The molecule has 1 atom stereocenters. The molecule has 4 aromatic rings. The summed E-state index contributed by atoms with van der Waals surface area (Å²) < 4.78 is 66.2. The van der Waals surface area contributed by atoms with Crippen LogP contribution in [0.1, 0.15) is 54.3 Å². The molecule has 0 saturated carbocycles. The smallest absolute Gasteiger partial charge is 0.329 e. The number of alkyl halides is 1. The molecule has 3 aromatic carbocycles. The van der Waals surface area contributed by atoms with Crippen molar-refractivity contribution < 1.29 is 40.7 Å². The molecule has 1 saturated heterocycles. The lowest BCUT2D eigenvalue weighted by molar-refractivity contribution is -0.159. The molecule has 10 nitrogen and oxygen atoms in total. The number of fused-ring (bicyclic) bond motifs is 1. The maximum atomic E-state index is 13.8. The number of rotatable bonds is 9. The summed E-state index contributed by atoms with van der Waals surface area (Å²) in [5, 5.41) is 2.90. The number of nitrogens with one attached hydrogen (secondary N) is 1. The maximum absolute atomic E-state index is 13.8. The summed E-state index contributed by atoms with van der Waals surface area (Å²) in [6, 6.07) is 14.0. The fourth-order valence-corrected chi connectivity index (χ4v) is 6.79. The van der Waals surface area contributed by atoms with Gasteiger partial charge in [-0.1, -0.05) is 12.1 Å². The summed E-state index contributed by atoms with van der Waals surface area (Å²) in [6.45, 7) is 4.11. The zero-order chi connectivity index (χ0) is 35.0. The summed E-state index contributed by atoms with van der Waals surface area (Å²) >= 11 is 0. The van der Waals surface area contributed by atoms with Gasteiger partial charge in [-0.15, -0.1) is 0 Å². The normalized spacial score (nSPS) is 15.1. The minimum absolute atomic E-state index is 0.0583. The van der Waals surface area contributed by atoms with E-state index in [1.165, 1.54) is 42.3 Å². The molecule has 0 radical (unpaired) electrons. The van der Waals surface area contributed by atoms with Gasteiger partial charge in [-0.2, -0.15) is 0 Å². The molecule has 5 rings (SSSR count). The largest absolute Gasteiger partial charge is 0.458 e. The summed E-state index contributed by atoms with van der Waals surface area (Å²) in [6.07, 6.45) is 2.01. The van der Waals surface area contributed by atoms with E-state index < -0.39 is 58.5 Å². The Kier molecular flexibility index (Phi) is 9.63. The SMILES string of the molecule is CNC(=O)c1c(-c2ccc(F)cc2)oc2cc(N(CCF)S(C)(=O)=O)c(-c3cccc(C(=O)N4CCC[C@H]4C(=O)OC(C)(C)C)c3)cc12. The standard InChI is InChI=1S/C35H37F2N3O7S/c1-35(2,3)47-34(43)27-10-7-16-39(27)33(42)23-9-6-8-22(18-23)25-19-26-29(20-28(25)40(17-15-36)48(5,44)45)46-31(30(26)32(41)38-4)21-11-13-24(37)14-12-21/h6,8-9,11-14,18-20,27H,7,10,15-17H2,1-5H3,(H,38,41)/t27-/m0/s1. The monoisotopic (exact) mass is 681 g/mol. The molecule has 1 aliphatic heterocycles. The van der Waals surface area contributed by atoms with E-state index in [-0.39, 0.29) is 33.7 Å². The number of hydrogen-bond donors (Lipinski definition) is 1. The average molecular weight is 682 g/mol. The lowest BCUT2D eigenvalue weighted by Crippen LogP contribution is -2.43. The van der Waals surface area contributed by atoms with E-state index in [9.17, 15) is 31.6 Å². The fourth-order valence-electron chi connectivity index (χ4n) is 5.88. The quantitative estimate of drug-likeness (QED) is 0.217. The van der Waals surface area contributed by atoms with Gasteiger partial charge in [-0.05, 0) is 81.6 Å². The number of halogens is 2. The summed E-state index contributed by atoms with van der Waals surface area (Å²) in [7, 11) is -2.59. The van der Waals surface area contributed by atoms with Gasteiger partial charge in [-0.25, -0.2) is 22.0 Å². The number of furan rings is 1. The van der Waals surface area contributed by atoms with Crippen molar-refractivity contribution in [2.24, 2.45) is 0 Å². The fraction of sp³-hybridized carbons (Fsp3) is 0.343. The van der Waals surface area contributed by atoms with Crippen LogP contribution in [0, 0.1) is 5.82 Å². The number of ether oxygens (including phenoxy) is 1. The Labute approximate surface area is 277 Å². The lowest BCUT2D eigenvalue weighted by atomic mass is 9.97. The first-order chi connectivity index (χ1) is 22.6. The van der Waals surface area contributed by atoms with Gasteiger partial charge in [-0.3, -0.25) is 13.9 Å². The Morgan fingerprint density at radius 3 is 2.40 bits per heavy atom. The van der Waals surface area contributed by atoms with Crippen molar-refractivity contribution in [3.63, 3.8) is 0 Å². The second-order valence-corrected chi connectivity index (χ2v) is 14.5. The van der Waals surface area contributed by atoms with E-state index in [1.54, 1.807) is 51.1 Å². The first-order valence-corrected chi connectivity index (χ1v) is 17.2. The Hall–Kier alpha value is -4.78. The second-order valence-electron chi connectivity index (χ2n) is 12.6. The maximum Gasteiger partial charge on any atom is 0.329 e. The third kappa shape index (κ3) is 7.05. The van der Waals surface area contributed by atoms with E-state index >= 15 is 0 Å². The van der Waals surface area contributed by atoms with Crippen molar-refractivity contribution in [1.29, 1.82) is 0 Å². The molecule has 0 unspecified atom stereocenters. The van der Waals surface area contributed by atoms with Crippen molar-refractivity contribution in [3.05, 3.63) is 77.6 Å². The van der Waals surface area contributed by atoms with Crippen LogP contribution >= 0.6 is 0 Å². The van der Waals surface area contributed by atoms with Crippen LogP contribution in [-0.4, -0.2) is 75.8 Å². The third-order valence-electron chi connectivity index (χ3n) is 7.94. The van der Waals surface area contributed by atoms with Gasteiger partial charge in [0.25, 0.3) is 11.8 Å². The van der Waals surface area contributed by atoms with Gasteiger partial charge < -0.3 is 19.4 Å². The van der Waals surface area contributed by atoms with Gasteiger partial charge in [0.1, 0.15) is 35.5 Å². The molecule has 1 aliphatic rings. The summed E-state index contributed by atoms with van der Waals surface area (Å²) in [5.41, 5.74) is 0.876. The molecule has 1 N–H and O–H groups in total. The molecule has 2 heterocycles. The topological polar surface area (TPSA) is 126 Å². The van der Waals surface area contributed by atoms with Crippen LogP contribution in [-0.2, 0) is 19.6 Å². The van der Waals surface area contributed by atoms with Crippen LogP contribution in [0.2, 0.25) is 0 Å². The number of amides is 2. The highest BCUT2D eigenvalue weighted by atomic mass is 32.2. The summed E-state index contributed by atoms with van der Waals surface area (Å²) in [4.78, 5) is 41.5. The molecular weight excluding hydrogens is 644 g/mol. The van der Waals surface area contributed by atoms with E-state index in [0.29, 0.717) is 35.9 Å². The van der Waals surface area contributed by atoms with Crippen molar-refractivity contribution in [2.75, 3.05) is 37.4 Å². The van der Waals surface area contributed by atoms with Crippen LogP contribution in [0.4, 0.5) is 14.5 Å². The van der Waals surface area contributed by atoms with Crippen LogP contribution in [0.25, 0.3) is 33.4 Å². The van der Waals surface area contributed by atoms with Gasteiger partial charge in [0, 0.05) is 41.7 Å². The Morgan fingerprint density at radius 1 is 1.06 bits per heavy atom. The van der Waals surface area contributed by atoms with Gasteiger partial charge in [0.05, 0.1) is 24.1 Å². The molecule has 1 aromatic heterocycles. The number of carbonyl (C=O) groups excluding carboxylic acids is 3.